The molecule has 0 aromatic carbocycles. The Hall–Kier alpha value is -1.86. The Morgan fingerprint density at radius 3 is 3.00 bits per heavy atom. The summed E-state index contributed by atoms with van der Waals surface area (Å²) in [4.78, 5) is 22.0. The summed E-state index contributed by atoms with van der Waals surface area (Å²) in [6.45, 7) is 1.65. The van der Waals surface area contributed by atoms with Crippen molar-refractivity contribution in [1.29, 1.82) is 0 Å². The van der Waals surface area contributed by atoms with Gasteiger partial charge in [0.15, 0.2) is 5.16 Å². The SMILES string of the molecule is C[C@H](O)c1cccnc1Sc1nc(N)cc(=O)[nH]1. The molecule has 7 heteroatoms. The van der Waals surface area contributed by atoms with Crippen molar-refractivity contribution in [2.45, 2.75) is 23.2 Å². The van der Waals surface area contributed by atoms with Gasteiger partial charge in [0.2, 0.25) is 0 Å². The number of rotatable bonds is 3. The van der Waals surface area contributed by atoms with Gasteiger partial charge in [-0.2, -0.15) is 0 Å². The van der Waals surface area contributed by atoms with Gasteiger partial charge in [0.25, 0.3) is 5.56 Å². The number of nitrogens with zero attached hydrogens (tertiary/aromatic N) is 2. The van der Waals surface area contributed by atoms with Crippen LogP contribution in [0.5, 0.6) is 0 Å². The topological polar surface area (TPSA) is 105 Å². The van der Waals surface area contributed by atoms with Crippen molar-refractivity contribution in [2.75, 3.05) is 5.73 Å². The Morgan fingerprint density at radius 1 is 1.56 bits per heavy atom. The molecule has 0 spiro atoms. The highest BCUT2D eigenvalue weighted by Gasteiger charge is 2.11. The maximum absolute atomic E-state index is 11.3. The number of aliphatic hydroxyl groups is 1. The molecule has 6 nitrogen and oxygen atoms in total. The molecule has 0 bridgehead atoms. The first-order valence-corrected chi connectivity index (χ1v) is 6.05. The van der Waals surface area contributed by atoms with E-state index in [9.17, 15) is 9.90 Å². The maximum atomic E-state index is 11.3. The number of aromatic nitrogens is 3. The molecule has 2 aromatic rings. The largest absolute Gasteiger partial charge is 0.389 e. The summed E-state index contributed by atoms with van der Waals surface area (Å²) in [6, 6.07) is 4.71. The molecule has 2 aromatic heterocycles. The van der Waals surface area contributed by atoms with Gasteiger partial charge in [0.05, 0.1) is 6.10 Å². The van der Waals surface area contributed by atoms with E-state index in [1.165, 1.54) is 6.07 Å². The number of nitrogens with two attached hydrogens (primary N) is 1. The lowest BCUT2D eigenvalue weighted by Crippen LogP contribution is -2.09. The lowest BCUT2D eigenvalue weighted by Gasteiger charge is -2.09. The smallest absolute Gasteiger partial charge is 0.253 e. The van der Waals surface area contributed by atoms with Gasteiger partial charge < -0.3 is 15.8 Å². The molecule has 18 heavy (non-hydrogen) atoms. The first kappa shape index (κ1) is 12.6. The number of hydrogen-bond acceptors (Lipinski definition) is 6. The Kier molecular flexibility index (Phi) is 3.63. The predicted molar refractivity (Wildman–Crippen MR) is 68.3 cm³/mol. The summed E-state index contributed by atoms with van der Waals surface area (Å²) in [6.07, 6.45) is 0.965. The van der Waals surface area contributed by atoms with E-state index in [0.29, 0.717) is 15.7 Å². The van der Waals surface area contributed by atoms with E-state index in [-0.39, 0.29) is 11.4 Å². The number of aliphatic hydroxyl groups excluding tert-OH is 1. The summed E-state index contributed by atoms with van der Waals surface area (Å²) in [7, 11) is 0. The Morgan fingerprint density at radius 2 is 2.33 bits per heavy atom. The minimum atomic E-state index is -0.644. The van der Waals surface area contributed by atoms with Crippen molar-refractivity contribution in [1.82, 2.24) is 15.0 Å². The van der Waals surface area contributed by atoms with Gasteiger partial charge in [-0.25, -0.2) is 9.97 Å². The normalized spacial score (nSPS) is 12.3. The summed E-state index contributed by atoms with van der Waals surface area (Å²) in [5, 5.41) is 10.6. The molecule has 0 aliphatic heterocycles. The van der Waals surface area contributed by atoms with Crippen LogP contribution in [-0.4, -0.2) is 20.1 Å². The Bertz CT molecular complexity index is 612. The molecule has 0 saturated carbocycles. The van der Waals surface area contributed by atoms with Gasteiger partial charge in [-0.05, 0) is 24.8 Å². The van der Waals surface area contributed by atoms with Gasteiger partial charge >= 0.3 is 0 Å². The van der Waals surface area contributed by atoms with Gasteiger partial charge in [-0.1, -0.05) is 6.07 Å². The molecule has 0 saturated heterocycles. The molecular weight excluding hydrogens is 252 g/mol. The Balaban J connectivity index is 2.37. The lowest BCUT2D eigenvalue weighted by atomic mass is 10.2. The second-order valence-corrected chi connectivity index (χ2v) is 4.63. The fraction of sp³-hybridized carbons (Fsp3) is 0.182. The van der Waals surface area contributed by atoms with Crippen molar-refractivity contribution in [3.63, 3.8) is 0 Å². The van der Waals surface area contributed by atoms with Gasteiger partial charge in [0, 0.05) is 17.8 Å². The number of nitrogens with one attached hydrogen (secondary N) is 1. The molecule has 0 fully saturated rings. The number of H-pyrrole nitrogens is 1. The van der Waals surface area contributed by atoms with E-state index in [1.54, 1.807) is 25.3 Å². The molecule has 2 rings (SSSR count). The first-order valence-electron chi connectivity index (χ1n) is 5.24. The summed E-state index contributed by atoms with van der Waals surface area (Å²) < 4.78 is 0. The maximum Gasteiger partial charge on any atom is 0.253 e. The zero-order valence-electron chi connectivity index (χ0n) is 9.62. The molecule has 2 heterocycles. The van der Waals surface area contributed by atoms with Crippen LogP contribution in [-0.2, 0) is 0 Å². The number of anilines is 1. The summed E-state index contributed by atoms with van der Waals surface area (Å²) >= 11 is 1.15. The van der Waals surface area contributed by atoms with Crippen LogP contribution in [0.4, 0.5) is 5.82 Å². The fourth-order valence-corrected chi connectivity index (χ4v) is 2.36. The number of pyridine rings is 1. The molecule has 1 atom stereocenters. The average molecular weight is 264 g/mol. The highest BCUT2D eigenvalue weighted by Crippen LogP contribution is 2.28. The Labute approximate surface area is 107 Å². The molecule has 0 unspecified atom stereocenters. The highest BCUT2D eigenvalue weighted by molar-refractivity contribution is 7.99. The minimum absolute atomic E-state index is 0.149. The van der Waals surface area contributed by atoms with Crippen LogP contribution >= 0.6 is 11.8 Å². The first-order chi connectivity index (χ1) is 8.56. The van der Waals surface area contributed by atoms with E-state index < -0.39 is 6.10 Å². The second kappa shape index (κ2) is 5.19. The second-order valence-electron chi connectivity index (χ2n) is 3.65. The molecule has 4 N–H and O–H groups in total. The van der Waals surface area contributed by atoms with Crippen LogP contribution in [0.15, 0.2) is 39.4 Å². The van der Waals surface area contributed by atoms with Crippen LogP contribution in [0.1, 0.15) is 18.6 Å². The predicted octanol–water partition coefficient (Wildman–Crippen LogP) is 0.952. The summed E-state index contributed by atoms with van der Waals surface area (Å²) in [5.74, 6) is 0.149. The van der Waals surface area contributed by atoms with E-state index in [0.717, 1.165) is 11.8 Å². The fourth-order valence-electron chi connectivity index (χ4n) is 1.40. The van der Waals surface area contributed by atoms with Crippen LogP contribution in [0.2, 0.25) is 0 Å². The zero-order valence-corrected chi connectivity index (χ0v) is 10.4. The van der Waals surface area contributed by atoms with Crippen LogP contribution in [0.3, 0.4) is 0 Å². The number of nitrogen functional groups attached to an aromatic ring is 1. The molecule has 94 valence electrons. The quantitative estimate of drug-likeness (QED) is 0.713. The van der Waals surface area contributed by atoms with Crippen molar-refractivity contribution in [3.8, 4) is 0 Å². The third-order valence-electron chi connectivity index (χ3n) is 2.18. The van der Waals surface area contributed by atoms with Gasteiger partial charge in [-0.15, -0.1) is 0 Å². The summed E-state index contributed by atoms with van der Waals surface area (Å²) in [5.41, 5.74) is 5.85. The molecule has 0 aliphatic carbocycles. The van der Waals surface area contributed by atoms with E-state index in [2.05, 4.69) is 15.0 Å². The van der Waals surface area contributed by atoms with Crippen LogP contribution in [0.25, 0.3) is 0 Å². The van der Waals surface area contributed by atoms with Crippen molar-refractivity contribution in [2.24, 2.45) is 0 Å². The average Bonchev–Trinajstić information content (AvgIpc) is 2.27. The van der Waals surface area contributed by atoms with Crippen molar-refractivity contribution < 1.29 is 5.11 Å². The minimum Gasteiger partial charge on any atom is -0.389 e. The third-order valence-corrected chi connectivity index (χ3v) is 3.10. The van der Waals surface area contributed by atoms with E-state index in [4.69, 9.17) is 5.73 Å². The van der Waals surface area contributed by atoms with Gasteiger partial charge in [-0.3, -0.25) is 4.79 Å². The monoisotopic (exact) mass is 264 g/mol. The van der Waals surface area contributed by atoms with Crippen LogP contribution in [0, 0.1) is 0 Å². The molecule has 0 radical (unpaired) electrons. The van der Waals surface area contributed by atoms with E-state index in [1.807, 2.05) is 0 Å². The zero-order chi connectivity index (χ0) is 13.1. The molecule has 0 amide bonds. The van der Waals surface area contributed by atoms with Crippen LogP contribution < -0.4 is 11.3 Å². The van der Waals surface area contributed by atoms with Crippen molar-refractivity contribution >= 4 is 17.6 Å². The lowest BCUT2D eigenvalue weighted by molar-refractivity contribution is 0.195. The highest BCUT2D eigenvalue weighted by atomic mass is 32.2. The van der Waals surface area contributed by atoms with E-state index >= 15 is 0 Å². The van der Waals surface area contributed by atoms with Gasteiger partial charge in [0.1, 0.15) is 10.8 Å². The standard InChI is InChI=1S/C11H12N4O2S/c1-6(16)7-3-2-4-13-10(7)18-11-14-8(12)5-9(17)15-11/h2-6,16H,1H3,(H3,12,14,15,17)/t6-/m0/s1. The van der Waals surface area contributed by atoms with Crippen molar-refractivity contribution in [3.05, 3.63) is 40.3 Å². The number of aromatic amines is 1. The molecule has 0 aliphatic rings. The molecular formula is C11H12N4O2S. The third kappa shape index (κ3) is 2.88. The number of hydrogen-bond donors (Lipinski definition) is 3.